The third kappa shape index (κ3) is 3.04. The molecule has 25 heavy (non-hydrogen) atoms. The second kappa shape index (κ2) is 6.36. The summed E-state index contributed by atoms with van der Waals surface area (Å²) in [6, 6.07) is 15.7. The number of fused-ring (bicyclic) bond motifs is 1. The Hall–Kier alpha value is -2.62. The van der Waals surface area contributed by atoms with Gasteiger partial charge in [0.1, 0.15) is 0 Å². The molecule has 2 aromatic carbocycles. The van der Waals surface area contributed by atoms with Gasteiger partial charge in [0.15, 0.2) is 0 Å². The van der Waals surface area contributed by atoms with Gasteiger partial charge < -0.3 is 9.80 Å². The fourth-order valence-corrected chi connectivity index (χ4v) is 3.51. The summed E-state index contributed by atoms with van der Waals surface area (Å²) in [5, 5.41) is 0. The van der Waals surface area contributed by atoms with Crippen molar-refractivity contribution in [2.75, 3.05) is 18.5 Å². The first-order valence-electron chi connectivity index (χ1n) is 8.88. The van der Waals surface area contributed by atoms with Gasteiger partial charge in [-0.3, -0.25) is 9.59 Å². The average molecular weight is 334 g/mol. The lowest BCUT2D eigenvalue weighted by Gasteiger charge is -2.30. The van der Waals surface area contributed by atoms with Crippen LogP contribution in [-0.4, -0.2) is 30.3 Å². The van der Waals surface area contributed by atoms with Crippen molar-refractivity contribution < 1.29 is 9.59 Å². The molecule has 4 heteroatoms. The second-order valence-corrected chi connectivity index (χ2v) is 6.93. The monoisotopic (exact) mass is 334 g/mol. The average Bonchev–Trinajstić information content (AvgIpc) is 3.51. The van der Waals surface area contributed by atoms with Crippen LogP contribution in [0.4, 0.5) is 5.69 Å². The molecule has 2 aromatic rings. The highest BCUT2D eigenvalue weighted by atomic mass is 16.2. The van der Waals surface area contributed by atoms with Crippen LogP contribution in [0.5, 0.6) is 0 Å². The summed E-state index contributed by atoms with van der Waals surface area (Å²) in [6.07, 6.45) is 2.80. The van der Waals surface area contributed by atoms with Crippen LogP contribution in [-0.2, 0) is 17.8 Å². The molecule has 0 unspecified atom stereocenters. The van der Waals surface area contributed by atoms with E-state index in [9.17, 15) is 9.59 Å². The zero-order valence-corrected chi connectivity index (χ0v) is 14.4. The van der Waals surface area contributed by atoms with Crippen molar-refractivity contribution in [3.63, 3.8) is 0 Å². The summed E-state index contributed by atoms with van der Waals surface area (Å²) in [5.74, 6) is 0.250. The lowest BCUT2D eigenvalue weighted by atomic mass is 9.99. The first kappa shape index (κ1) is 15.9. The molecule has 4 nitrogen and oxygen atoms in total. The summed E-state index contributed by atoms with van der Waals surface area (Å²) in [5.41, 5.74) is 3.85. The van der Waals surface area contributed by atoms with E-state index in [2.05, 4.69) is 12.1 Å². The molecule has 0 bridgehead atoms. The van der Waals surface area contributed by atoms with Gasteiger partial charge in [-0.05, 0) is 42.5 Å². The molecular formula is C21H22N2O2. The first-order chi connectivity index (χ1) is 12.1. The van der Waals surface area contributed by atoms with Crippen LogP contribution in [0.1, 0.15) is 34.3 Å². The van der Waals surface area contributed by atoms with Crippen LogP contribution >= 0.6 is 0 Å². The molecule has 0 spiro atoms. The fourth-order valence-electron chi connectivity index (χ4n) is 3.51. The van der Waals surface area contributed by atoms with Gasteiger partial charge in [-0.1, -0.05) is 36.4 Å². The maximum absolute atomic E-state index is 13.1. The van der Waals surface area contributed by atoms with E-state index in [1.54, 1.807) is 11.9 Å². The van der Waals surface area contributed by atoms with Gasteiger partial charge in [0.25, 0.3) is 5.91 Å². The van der Waals surface area contributed by atoms with Crippen LogP contribution in [0.15, 0.2) is 48.5 Å². The van der Waals surface area contributed by atoms with Crippen LogP contribution in [0.2, 0.25) is 0 Å². The molecule has 2 aliphatic rings. The third-order valence-electron chi connectivity index (χ3n) is 5.17. The Morgan fingerprint density at radius 1 is 1.00 bits per heavy atom. The maximum Gasteiger partial charge on any atom is 0.256 e. The van der Waals surface area contributed by atoms with Crippen LogP contribution in [0, 0.1) is 5.92 Å². The minimum Gasteiger partial charge on any atom is -0.334 e. The summed E-state index contributed by atoms with van der Waals surface area (Å²) in [4.78, 5) is 29.1. The molecule has 2 amide bonds. The van der Waals surface area contributed by atoms with E-state index >= 15 is 0 Å². The summed E-state index contributed by atoms with van der Waals surface area (Å²) in [7, 11) is 1.78. The largest absolute Gasteiger partial charge is 0.334 e. The van der Waals surface area contributed by atoms with Crippen molar-refractivity contribution in [1.82, 2.24) is 4.90 Å². The Morgan fingerprint density at radius 3 is 2.44 bits per heavy atom. The number of amides is 2. The van der Waals surface area contributed by atoms with Crippen LogP contribution in [0.25, 0.3) is 0 Å². The highest BCUT2D eigenvalue weighted by Gasteiger charge is 2.34. The Labute approximate surface area is 148 Å². The smallest absolute Gasteiger partial charge is 0.256 e. The number of nitrogens with zero attached hydrogens (tertiary/aromatic N) is 2. The first-order valence-corrected chi connectivity index (χ1v) is 8.88. The number of carbonyl (C=O) groups is 2. The summed E-state index contributed by atoms with van der Waals surface area (Å²) >= 11 is 0. The molecule has 0 saturated heterocycles. The van der Waals surface area contributed by atoms with E-state index in [1.165, 1.54) is 11.1 Å². The van der Waals surface area contributed by atoms with E-state index in [0.717, 1.165) is 19.3 Å². The Bertz CT molecular complexity index is 826. The minimum atomic E-state index is 0.000509. The summed E-state index contributed by atoms with van der Waals surface area (Å²) < 4.78 is 0. The number of hydrogen-bond acceptors (Lipinski definition) is 2. The van der Waals surface area contributed by atoms with Crippen LogP contribution < -0.4 is 4.90 Å². The van der Waals surface area contributed by atoms with Gasteiger partial charge in [0.05, 0.1) is 11.3 Å². The van der Waals surface area contributed by atoms with Gasteiger partial charge >= 0.3 is 0 Å². The number of para-hydroxylation sites is 1. The predicted molar refractivity (Wildman–Crippen MR) is 97.5 cm³/mol. The zero-order valence-electron chi connectivity index (χ0n) is 14.4. The standard InChI is InChI=1S/C21H22N2O2/c1-22(20(24)16-10-11-16)19-9-5-4-8-18(19)21(25)23-13-12-15-6-2-3-7-17(15)14-23/h2-9,16H,10-14H2,1H3. The number of rotatable bonds is 3. The third-order valence-corrected chi connectivity index (χ3v) is 5.17. The Balaban J connectivity index is 1.60. The van der Waals surface area contributed by atoms with Gasteiger partial charge in [0, 0.05) is 26.1 Å². The molecule has 1 fully saturated rings. The quantitative estimate of drug-likeness (QED) is 0.864. The van der Waals surface area contributed by atoms with Gasteiger partial charge in [-0.15, -0.1) is 0 Å². The second-order valence-electron chi connectivity index (χ2n) is 6.93. The van der Waals surface area contributed by atoms with Crippen molar-refractivity contribution in [2.24, 2.45) is 5.92 Å². The topological polar surface area (TPSA) is 40.6 Å². The van der Waals surface area contributed by atoms with Gasteiger partial charge in [0.2, 0.25) is 5.91 Å². The van der Waals surface area contributed by atoms with E-state index < -0.39 is 0 Å². The van der Waals surface area contributed by atoms with Crippen molar-refractivity contribution in [3.8, 4) is 0 Å². The number of hydrogen-bond donors (Lipinski definition) is 0. The van der Waals surface area contributed by atoms with E-state index in [1.807, 2.05) is 41.3 Å². The molecule has 1 saturated carbocycles. The maximum atomic E-state index is 13.1. The van der Waals surface area contributed by atoms with Crippen molar-refractivity contribution in [1.29, 1.82) is 0 Å². The molecule has 1 aliphatic carbocycles. The van der Waals surface area contributed by atoms with Crippen LogP contribution in [0.3, 0.4) is 0 Å². The molecule has 0 aromatic heterocycles. The SMILES string of the molecule is CN(C(=O)C1CC1)c1ccccc1C(=O)N1CCc2ccccc2C1. The predicted octanol–water partition coefficient (Wildman–Crippen LogP) is 3.26. The van der Waals surface area contributed by atoms with Gasteiger partial charge in [-0.2, -0.15) is 0 Å². The zero-order chi connectivity index (χ0) is 17.4. The fraction of sp³-hybridized carbons (Fsp3) is 0.333. The summed E-state index contributed by atoms with van der Waals surface area (Å²) in [6.45, 7) is 1.34. The Kier molecular flexibility index (Phi) is 4.04. The van der Waals surface area contributed by atoms with E-state index in [-0.39, 0.29) is 17.7 Å². The van der Waals surface area contributed by atoms with E-state index in [4.69, 9.17) is 0 Å². The van der Waals surface area contributed by atoms with Gasteiger partial charge in [-0.25, -0.2) is 0 Å². The molecule has 0 N–H and O–H groups in total. The lowest BCUT2D eigenvalue weighted by molar-refractivity contribution is -0.119. The molecule has 1 heterocycles. The highest BCUT2D eigenvalue weighted by molar-refractivity contribution is 6.05. The molecule has 4 rings (SSSR count). The Morgan fingerprint density at radius 2 is 1.68 bits per heavy atom. The molecule has 0 radical (unpaired) electrons. The molecule has 128 valence electrons. The van der Waals surface area contributed by atoms with Crippen molar-refractivity contribution in [3.05, 3.63) is 65.2 Å². The van der Waals surface area contributed by atoms with Crippen molar-refractivity contribution in [2.45, 2.75) is 25.8 Å². The lowest BCUT2D eigenvalue weighted by Crippen LogP contribution is -2.37. The molecule has 0 atom stereocenters. The molecule has 1 aliphatic heterocycles. The van der Waals surface area contributed by atoms with E-state index in [0.29, 0.717) is 24.3 Å². The number of benzene rings is 2. The number of carbonyl (C=O) groups excluding carboxylic acids is 2. The van der Waals surface area contributed by atoms with Crippen molar-refractivity contribution >= 4 is 17.5 Å². The number of anilines is 1. The minimum absolute atomic E-state index is 0.000509. The normalized spacial score (nSPS) is 16.3. The molecular weight excluding hydrogens is 312 g/mol. The highest BCUT2D eigenvalue weighted by Crippen LogP contribution is 2.33.